The zero-order valence-corrected chi connectivity index (χ0v) is 15.9. The van der Waals surface area contributed by atoms with E-state index in [0.717, 1.165) is 45.3 Å². The third kappa shape index (κ3) is 4.42. The maximum Gasteiger partial charge on any atom is 0.287 e. The zero-order valence-electron chi connectivity index (χ0n) is 15.9. The molecule has 5 heteroatoms. The fraction of sp³-hybridized carbons (Fsp3) is 0.500. The van der Waals surface area contributed by atoms with E-state index < -0.39 is 0 Å². The van der Waals surface area contributed by atoms with Gasteiger partial charge in [0.25, 0.3) is 5.91 Å². The molecule has 1 unspecified atom stereocenters. The normalized spacial score (nSPS) is 22.2. The van der Waals surface area contributed by atoms with E-state index >= 15 is 0 Å². The molecule has 144 valence electrons. The summed E-state index contributed by atoms with van der Waals surface area (Å²) in [7, 11) is 0. The van der Waals surface area contributed by atoms with Crippen LogP contribution in [-0.4, -0.2) is 42.1 Å². The number of carbonyl (C=O) groups excluding carboxylic acids is 1. The van der Waals surface area contributed by atoms with Gasteiger partial charge in [-0.15, -0.1) is 0 Å². The van der Waals surface area contributed by atoms with Gasteiger partial charge < -0.3 is 14.5 Å². The molecule has 5 nitrogen and oxygen atoms in total. The Kier molecular flexibility index (Phi) is 5.32. The molecule has 2 fully saturated rings. The van der Waals surface area contributed by atoms with E-state index in [2.05, 4.69) is 41.4 Å². The molecule has 3 heterocycles. The highest BCUT2D eigenvalue weighted by molar-refractivity contribution is 5.91. The number of hydrogen-bond donors (Lipinski definition) is 1. The third-order valence-electron chi connectivity index (χ3n) is 5.87. The Bertz CT molecular complexity index is 746. The van der Waals surface area contributed by atoms with Gasteiger partial charge in [0.2, 0.25) is 0 Å². The fourth-order valence-electron chi connectivity index (χ4n) is 4.18. The molecule has 0 radical (unpaired) electrons. The molecule has 1 aromatic heterocycles. The summed E-state index contributed by atoms with van der Waals surface area (Å²) >= 11 is 0. The zero-order chi connectivity index (χ0) is 18.7. The van der Waals surface area contributed by atoms with Crippen LogP contribution in [0.4, 0.5) is 0 Å². The van der Waals surface area contributed by atoms with Crippen LogP contribution in [0.2, 0.25) is 0 Å². The molecule has 2 aliphatic rings. The van der Waals surface area contributed by atoms with E-state index in [1.165, 1.54) is 17.4 Å². The van der Waals surface area contributed by atoms with Crippen molar-refractivity contribution in [1.29, 1.82) is 0 Å². The summed E-state index contributed by atoms with van der Waals surface area (Å²) in [6.07, 6.45) is 5.86. The third-order valence-corrected chi connectivity index (χ3v) is 5.87. The molecular weight excluding hydrogens is 340 g/mol. The minimum atomic E-state index is -0.169. The lowest BCUT2D eigenvalue weighted by molar-refractivity contribution is -0.0764. The van der Waals surface area contributed by atoms with Crippen LogP contribution in [0.25, 0.3) is 0 Å². The smallest absolute Gasteiger partial charge is 0.287 e. The molecule has 1 atom stereocenters. The van der Waals surface area contributed by atoms with E-state index in [4.69, 9.17) is 9.15 Å². The lowest BCUT2D eigenvalue weighted by Crippen LogP contribution is -2.44. The molecule has 4 rings (SSSR count). The van der Waals surface area contributed by atoms with Gasteiger partial charge in [-0.25, -0.2) is 0 Å². The monoisotopic (exact) mass is 368 g/mol. The summed E-state index contributed by atoms with van der Waals surface area (Å²) in [6, 6.07) is 12.2. The molecule has 0 aliphatic carbocycles. The van der Waals surface area contributed by atoms with Crippen molar-refractivity contribution in [2.24, 2.45) is 0 Å². The highest BCUT2D eigenvalue weighted by Crippen LogP contribution is 2.39. The Morgan fingerprint density at radius 3 is 2.67 bits per heavy atom. The van der Waals surface area contributed by atoms with Crippen LogP contribution in [0.15, 0.2) is 47.1 Å². The minimum absolute atomic E-state index is 0.00382. The highest BCUT2D eigenvalue weighted by atomic mass is 16.5. The van der Waals surface area contributed by atoms with Gasteiger partial charge in [-0.3, -0.25) is 9.69 Å². The second-order valence-electron chi connectivity index (χ2n) is 7.91. The van der Waals surface area contributed by atoms with E-state index in [0.29, 0.717) is 12.3 Å². The number of carbonyl (C=O) groups is 1. The molecular formula is C22H28N2O3. The predicted molar refractivity (Wildman–Crippen MR) is 104 cm³/mol. The van der Waals surface area contributed by atoms with Crippen molar-refractivity contribution >= 4 is 5.91 Å². The topological polar surface area (TPSA) is 54.7 Å². The van der Waals surface area contributed by atoms with Gasteiger partial charge in [-0.2, -0.15) is 0 Å². The molecule has 1 amide bonds. The van der Waals surface area contributed by atoms with Crippen molar-refractivity contribution in [3.8, 4) is 0 Å². The number of nitrogens with zero attached hydrogens (tertiary/aromatic N) is 1. The quantitative estimate of drug-likeness (QED) is 0.877. The number of nitrogens with one attached hydrogen (secondary N) is 1. The summed E-state index contributed by atoms with van der Waals surface area (Å²) in [5.41, 5.74) is 2.69. The van der Waals surface area contributed by atoms with Crippen LogP contribution >= 0.6 is 0 Å². The number of benzene rings is 1. The average molecular weight is 368 g/mol. The van der Waals surface area contributed by atoms with Crippen LogP contribution in [0.5, 0.6) is 0 Å². The standard InChI is InChI=1S/C22H28N2O3/c1-17-4-6-18(7-5-17)16-24-12-10-22(11-13-24)9-8-19(27-22)15-23-21(25)20-3-2-14-26-20/h2-7,14,19H,8-13,15-16H2,1H3,(H,23,25). The van der Waals surface area contributed by atoms with Gasteiger partial charge in [-0.1, -0.05) is 29.8 Å². The fourth-order valence-corrected chi connectivity index (χ4v) is 4.18. The van der Waals surface area contributed by atoms with Gasteiger partial charge in [0.1, 0.15) is 0 Å². The number of piperidine rings is 1. The first kappa shape index (κ1) is 18.3. The molecule has 2 aliphatic heterocycles. The molecule has 2 aromatic rings. The van der Waals surface area contributed by atoms with E-state index in [-0.39, 0.29) is 17.6 Å². The summed E-state index contributed by atoms with van der Waals surface area (Å²) in [4.78, 5) is 14.5. The predicted octanol–water partition coefficient (Wildman–Crippen LogP) is 3.53. The molecule has 1 spiro atoms. The van der Waals surface area contributed by atoms with Crippen molar-refractivity contribution in [2.75, 3.05) is 19.6 Å². The van der Waals surface area contributed by atoms with Crippen LogP contribution < -0.4 is 5.32 Å². The van der Waals surface area contributed by atoms with Gasteiger partial charge in [0.05, 0.1) is 18.0 Å². The van der Waals surface area contributed by atoms with Crippen LogP contribution in [-0.2, 0) is 11.3 Å². The summed E-state index contributed by atoms with van der Waals surface area (Å²) in [5.74, 6) is 0.185. The summed E-state index contributed by atoms with van der Waals surface area (Å²) < 4.78 is 11.5. The van der Waals surface area contributed by atoms with E-state index in [1.54, 1.807) is 12.1 Å². The SMILES string of the molecule is Cc1ccc(CN2CCC3(CCC(CNC(=O)c4ccco4)O3)CC2)cc1. The highest BCUT2D eigenvalue weighted by Gasteiger charge is 2.42. The first-order valence-electron chi connectivity index (χ1n) is 9.89. The largest absolute Gasteiger partial charge is 0.459 e. The van der Waals surface area contributed by atoms with Crippen molar-refractivity contribution in [2.45, 2.75) is 50.9 Å². The van der Waals surface area contributed by atoms with Gasteiger partial charge >= 0.3 is 0 Å². The number of ether oxygens (including phenoxy) is 1. The summed E-state index contributed by atoms with van der Waals surface area (Å²) in [6.45, 7) is 5.82. The Balaban J connectivity index is 1.23. The molecule has 27 heavy (non-hydrogen) atoms. The second kappa shape index (κ2) is 7.87. The number of furan rings is 1. The van der Waals surface area contributed by atoms with E-state index in [9.17, 15) is 4.79 Å². The Morgan fingerprint density at radius 2 is 1.96 bits per heavy atom. The summed E-state index contributed by atoms with van der Waals surface area (Å²) in [5, 5.41) is 2.93. The number of likely N-dealkylation sites (tertiary alicyclic amines) is 1. The number of aryl methyl sites for hydroxylation is 1. The minimum Gasteiger partial charge on any atom is -0.459 e. The molecule has 2 saturated heterocycles. The Morgan fingerprint density at radius 1 is 1.19 bits per heavy atom. The van der Waals surface area contributed by atoms with Crippen molar-refractivity contribution < 1.29 is 13.9 Å². The Hall–Kier alpha value is -2.11. The van der Waals surface area contributed by atoms with Crippen LogP contribution in [0, 0.1) is 6.92 Å². The Labute approximate surface area is 160 Å². The average Bonchev–Trinajstić information content (AvgIpc) is 3.35. The maximum absolute atomic E-state index is 12.0. The molecule has 0 bridgehead atoms. The molecule has 1 N–H and O–H groups in total. The van der Waals surface area contributed by atoms with Gasteiger partial charge in [-0.05, 0) is 50.3 Å². The first-order valence-corrected chi connectivity index (χ1v) is 9.89. The van der Waals surface area contributed by atoms with Crippen LogP contribution in [0.1, 0.15) is 47.4 Å². The van der Waals surface area contributed by atoms with Crippen molar-refractivity contribution in [3.63, 3.8) is 0 Å². The molecule has 1 aromatic carbocycles. The van der Waals surface area contributed by atoms with Crippen LogP contribution in [0.3, 0.4) is 0 Å². The lowest BCUT2D eigenvalue weighted by atomic mass is 9.88. The van der Waals surface area contributed by atoms with Gasteiger partial charge in [0.15, 0.2) is 5.76 Å². The molecule has 0 saturated carbocycles. The second-order valence-corrected chi connectivity index (χ2v) is 7.91. The lowest BCUT2D eigenvalue weighted by Gasteiger charge is -2.39. The van der Waals surface area contributed by atoms with E-state index in [1.807, 2.05) is 0 Å². The van der Waals surface area contributed by atoms with Crippen molar-refractivity contribution in [1.82, 2.24) is 10.2 Å². The van der Waals surface area contributed by atoms with Gasteiger partial charge in [0, 0.05) is 26.2 Å². The number of amides is 1. The number of hydrogen-bond acceptors (Lipinski definition) is 4. The maximum atomic E-state index is 12.0. The van der Waals surface area contributed by atoms with Crippen molar-refractivity contribution in [3.05, 3.63) is 59.5 Å². The first-order chi connectivity index (χ1) is 13.1. The number of rotatable bonds is 5.